The lowest BCUT2D eigenvalue weighted by Gasteiger charge is -2.46. The van der Waals surface area contributed by atoms with Gasteiger partial charge in [-0.05, 0) is 68.6 Å². The number of nitrogens with one attached hydrogen (secondary N) is 1. The Morgan fingerprint density at radius 3 is 2.35 bits per heavy atom. The molecule has 2 saturated heterocycles. The minimum atomic E-state index is -3.11. The molecule has 5 rings (SSSR count). The van der Waals surface area contributed by atoms with Gasteiger partial charge in [0.05, 0.1) is 11.1 Å². The number of alkyl halides is 2. The number of halogens is 3. The number of nitrogens with zero attached hydrogens (tertiary/aromatic N) is 4. The molecule has 3 fully saturated rings. The van der Waals surface area contributed by atoms with E-state index >= 15 is 0 Å². The monoisotopic (exact) mass is 663 g/mol. The minimum absolute atomic E-state index is 0.0512. The van der Waals surface area contributed by atoms with Gasteiger partial charge in [-0.3, -0.25) is 19.1 Å². The molecule has 0 unspecified atom stereocenters. The summed E-state index contributed by atoms with van der Waals surface area (Å²) in [5.74, 6) is -0.921. The van der Waals surface area contributed by atoms with Gasteiger partial charge in [-0.2, -0.15) is 13.9 Å². The van der Waals surface area contributed by atoms with Crippen LogP contribution in [0.25, 0.3) is 0 Å². The Labute approximate surface area is 273 Å². The summed E-state index contributed by atoms with van der Waals surface area (Å²) in [5.41, 5.74) is -1.24. The highest BCUT2D eigenvalue weighted by Crippen LogP contribution is 2.40. The molecule has 2 N–H and O–H groups in total. The molecule has 1 aromatic carbocycles. The lowest BCUT2D eigenvalue weighted by atomic mass is 9.76. The van der Waals surface area contributed by atoms with Crippen molar-refractivity contribution in [3.8, 4) is 5.75 Å². The number of likely N-dealkylation sites (tertiary alicyclic amines) is 2. The number of carbonyl (C=O) groups excluding carboxylic acids is 2. The first-order chi connectivity index (χ1) is 21.9. The quantitative estimate of drug-likeness (QED) is 0.305. The zero-order valence-corrected chi connectivity index (χ0v) is 27.3. The number of aliphatic carboxylic acids is 1. The Hall–Kier alpha value is -3.25. The summed E-state index contributed by atoms with van der Waals surface area (Å²) < 4.78 is 32.7. The number of carboxylic acids is 1. The maximum absolute atomic E-state index is 14.2. The number of hydrogen-bond acceptors (Lipinski definition) is 6. The summed E-state index contributed by atoms with van der Waals surface area (Å²) in [4.78, 5) is 43.7. The number of rotatable bonds is 11. The van der Waals surface area contributed by atoms with E-state index in [2.05, 4.69) is 20.1 Å². The van der Waals surface area contributed by atoms with Crippen molar-refractivity contribution in [3.05, 3.63) is 41.2 Å². The zero-order chi connectivity index (χ0) is 33.1. The lowest BCUT2D eigenvalue weighted by molar-refractivity contribution is -0.156. The molecule has 10 nitrogen and oxygen atoms in total. The van der Waals surface area contributed by atoms with Crippen LogP contribution in [0.1, 0.15) is 83.2 Å². The average Bonchev–Trinajstić information content (AvgIpc) is 3.72. The van der Waals surface area contributed by atoms with Gasteiger partial charge in [0.2, 0.25) is 5.91 Å². The average molecular weight is 664 g/mol. The molecule has 13 heteroatoms. The van der Waals surface area contributed by atoms with Crippen molar-refractivity contribution in [1.82, 2.24) is 19.6 Å². The van der Waals surface area contributed by atoms with Gasteiger partial charge in [-0.15, -0.1) is 0 Å². The molecule has 46 heavy (non-hydrogen) atoms. The van der Waals surface area contributed by atoms with Crippen LogP contribution in [0.2, 0.25) is 5.02 Å². The fourth-order valence-electron chi connectivity index (χ4n) is 7.40. The SMILES string of the molecule is CC(C)c1ccnn1C1(C(=O)Nc2ccc(Cl)cc2OC(F)F)CCN(CC2(C(=O)O)CCN(C(=O)CC3CCCC3)CC2)CC1. The summed E-state index contributed by atoms with van der Waals surface area (Å²) in [5, 5.41) is 17.9. The number of carbonyl (C=O) groups is 3. The van der Waals surface area contributed by atoms with Crippen LogP contribution >= 0.6 is 11.6 Å². The van der Waals surface area contributed by atoms with E-state index in [0.717, 1.165) is 18.5 Å². The smallest absolute Gasteiger partial charge is 0.387 e. The minimum Gasteiger partial charge on any atom is -0.481 e. The fraction of sp³-hybridized carbons (Fsp3) is 0.636. The van der Waals surface area contributed by atoms with Crippen LogP contribution in [-0.2, 0) is 19.9 Å². The van der Waals surface area contributed by atoms with Gasteiger partial charge in [0.1, 0.15) is 5.54 Å². The van der Waals surface area contributed by atoms with Crippen molar-refractivity contribution in [1.29, 1.82) is 0 Å². The molecule has 0 atom stereocenters. The molecule has 3 heterocycles. The highest BCUT2D eigenvalue weighted by atomic mass is 35.5. The zero-order valence-electron chi connectivity index (χ0n) is 26.5. The highest BCUT2D eigenvalue weighted by molar-refractivity contribution is 6.30. The Morgan fingerprint density at radius 2 is 1.74 bits per heavy atom. The maximum Gasteiger partial charge on any atom is 0.387 e. The Bertz CT molecular complexity index is 1400. The second-order valence-electron chi connectivity index (χ2n) is 13.4. The lowest BCUT2D eigenvalue weighted by Crippen LogP contribution is -2.57. The summed E-state index contributed by atoms with van der Waals surface area (Å²) in [6.45, 7) is 2.90. The molecule has 0 spiro atoms. The topological polar surface area (TPSA) is 117 Å². The van der Waals surface area contributed by atoms with Crippen LogP contribution in [-0.4, -0.2) is 81.8 Å². The Morgan fingerprint density at radius 1 is 1.07 bits per heavy atom. The van der Waals surface area contributed by atoms with Crippen molar-refractivity contribution in [2.24, 2.45) is 11.3 Å². The van der Waals surface area contributed by atoms with Crippen molar-refractivity contribution < 1.29 is 33.0 Å². The first kappa shape index (κ1) is 34.1. The largest absolute Gasteiger partial charge is 0.481 e. The maximum atomic E-state index is 14.2. The van der Waals surface area contributed by atoms with E-state index in [1.165, 1.54) is 31.0 Å². The first-order valence-electron chi connectivity index (χ1n) is 16.3. The third-order valence-corrected chi connectivity index (χ3v) is 10.4. The van der Waals surface area contributed by atoms with Gasteiger partial charge < -0.3 is 25.0 Å². The summed E-state index contributed by atoms with van der Waals surface area (Å²) in [6, 6.07) is 6.00. The van der Waals surface area contributed by atoms with Gasteiger partial charge >= 0.3 is 12.6 Å². The number of amides is 2. The molecule has 3 aliphatic rings. The first-order valence-corrected chi connectivity index (χ1v) is 16.6. The molecule has 1 aliphatic carbocycles. The molecule has 1 saturated carbocycles. The van der Waals surface area contributed by atoms with Crippen LogP contribution in [0, 0.1) is 11.3 Å². The van der Waals surface area contributed by atoms with E-state index in [4.69, 9.17) is 11.6 Å². The molecule has 0 radical (unpaired) electrons. The van der Waals surface area contributed by atoms with Crippen LogP contribution < -0.4 is 10.1 Å². The van der Waals surface area contributed by atoms with E-state index < -0.39 is 29.4 Å². The summed E-state index contributed by atoms with van der Waals surface area (Å²) >= 11 is 6.02. The number of piperidine rings is 2. The van der Waals surface area contributed by atoms with Gasteiger partial charge in [-0.1, -0.05) is 38.3 Å². The molecule has 2 amide bonds. The molecular formula is C33H44ClF2N5O5. The van der Waals surface area contributed by atoms with E-state index in [-0.39, 0.29) is 28.3 Å². The second-order valence-corrected chi connectivity index (χ2v) is 13.9. The third-order valence-electron chi connectivity index (χ3n) is 10.2. The predicted molar refractivity (Wildman–Crippen MR) is 169 cm³/mol. The van der Waals surface area contributed by atoms with E-state index in [1.54, 1.807) is 10.9 Å². The van der Waals surface area contributed by atoms with Gasteiger partial charge in [-0.25, -0.2) is 0 Å². The third kappa shape index (κ3) is 7.33. The van der Waals surface area contributed by atoms with Crippen LogP contribution in [0.5, 0.6) is 5.75 Å². The normalized spacial score (nSPS) is 20.3. The fourth-order valence-corrected chi connectivity index (χ4v) is 7.56. The van der Waals surface area contributed by atoms with Gasteiger partial charge in [0, 0.05) is 62.1 Å². The van der Waals surface area contributed by atoms with Crippen LogP contribution in [0.4, 0.5) is 14.5 Å². The number of benzene rings is 1. The molecule has 2 aromatic rings. The van der Waals surface area contributed by atoms with Gasteiger partial charge in [0.25, 0.3) is 5.91 Å². The Kier molecular flexibility index (Phi) is 10.6. The number of carboxylic acid groups (broad SMARTS) is 1. The number of ether oxygens (including phenoxy) is 1. The van der Waals surface area contributed by atoms with Crippen LogP contribution in [0.3, 0.4) is 0 Å². The second kappa shape index (κ2) is 14.3. The summed E-state index contributed by atoms with van der Waals surface area (Å²) in [7, 11) is 0. The Balaban J connectivity index is 1.31. The molecule has 0 bridgehead atoms. The highest BCUT2D eigenvalue weighted by Gasteiger charge is 2.49. The molecule has 2 aliphatic heterocycles. The standard InChI is InChI=1S/C33H44ClF2N5O5/c1-22(2)26-9-14-37-41(26)33(29(43)38-25-8-7-24(34)20-27(25)46-31(35)36)12-15-39(16-13-33)21-32(30(44)45)10-17-40(18-11-32)28(42)19-23-5-3-4-6-23/h7-9,14,20,22-23,31H,3-6,10-13,15-19,21H2,1-2H3,(H,38,43)(H,44,45). The molecule has 252 valence electrons. The van der Waals surface area contributed by atoms with Crippen LogP contribution in [0.15, 0.2) is 30.5 Å². The molecular weight excluding hydrogens is 620 g/mol. The number of hydrogen-bond donors (Lipinski definition) is 2. The van der Waals surface area contributed by atoms with E-state index in [0.29, 0.717) is 70.7 Å². The number of aromatic nitrogens is 2. The van der Waals surface area contributed by atoms with Crippen molar-refractivity contribution in [3.63, 3.8) is 0 Å². The van der Waals surface area contributed by atoms with Gasteiger partial charge in [0.15, 0.2) is 5.75 Å². The summed E-state index contributed by atoms with van der Waals surface area (Å²) in [6.07, 6.45) is 8.12. The van der Waals surface area contributed by atoms with Crippen molar-refractivity contribution in [2.75, 3.05) is 38.0 Å². The predicted octanol–water partition coefficient (Wildman–Crippen LogP) is 5.96. The van der Waals surface area contributed by atoms with Crippen molar-refractivity contribution >= 4 is 35.1 Å². The van der Waals surface area contributed by atoms with E-state index in [1.807, 2.05) is 24.8 Å². The van der Waals surface area contributed by atoms with E-state index in [9.17, 15) is 28.3 Å². The number of anilines is 1. The molecule has 1 aromatic heterocycles. The van der Waals surface area contributed by atoms with Crippen molar-refractivity contribution in [2.45, 2.75) is 89.7 Å².